The molecule has 0 spiro atoms. The molecule has 0 saturated carbocycles. The van der Waals surface area contributed by atoms with Gasteiger partial charge in [-0.1, -0.05) is 0 Å². The zero-order valence-corrected chi connectivity index (χ0v) is 16.3. The first kappa shape index (κ1) is 19.3. The number of benzene rings is 1. The van der Waals surface area contributed by atoms with Crippen LogP contribution in [0.15, 0.2) is 53.8 Å². The number of pyridine rings is 1. The minimum absolute atomic E-state index is 0.0467. The Kier molecular flexibility index (Phi) is 4.77. The molecule has 0 aliphatic rings. The van der Waals surface area contributed by atoms with Gasteiger partial charge in [-0.3, -0.25) is 4.72 Å². The lowest BCUT2D eigenvalue weighted by Gasteiger charge is -2.12. The van der Waals surface area contributed by atoms with Crippen molar-refractivity contribution >= 4 is 21.5 Å². The summed E-state index contributed by atoms with van der Waals surface area (Å²) in [7, 11) is -2.66. The Bertz CT molecular complexity index is 1390. The standard InChI is InChI=1S/C19H13FN6O3S/c1-3-14-10-22-19-23-11-17(24-26(14)19)12-8-16(18(29-2)21-9-12)25-30(27,28)15-6-4-13(20)5-7-15/h1,4-11,25H,2H3. The van der Waals surface area contributed by atoms with Crippen LogP contribution < -0.4 is 9.46 Å². The van der Waals surface area contributed by atoms with Crippen molar-refractivity contribution in [2.45, 2.75) is 4.90 Å². The van der Waals surface area contributed by atoms with E-state index in [1.54, 1.807) is 0 Å². The highest BCUT2D eigenvalue weighted by Gasteiger charge is 2.19. The fourth-order valence-corrected chi connectivity index (χ4v) is 3.70. The second-order valence-corrected chi connectivity index (χ2v) is 7.67. The highest BCUT2D eigenvalue weighted by Crippen LogP contribution is 2.29. The molecule has 1 aromatic carbocycles. The third-order valence-electron chi connectivity index (χ3n) is 4.09. The number of terminal acetylenes is 1. The molecule has 4 rings (SSSR count). The van der Waals surface area contributed by atoms with Gasteiger partial charge < -0.3 is 4.74 Å². The van der Waals surface area contributed by atoms with E-state index in [0.29, 0.717) is 22.7 Å². The van der Waals surface area contributed by atoms with E-state index in [2.05, 4.69) is 30.7 Å². The number of ether oxygens (including phenoxy) is 1. The van der Waals surface area contributed by atoms with Gasteiger partial charge in [0.15, 0.2) is 0 Å². The molecule has 150 valence electrons. The predicted molar refractivity (Wildman–Crippen MR) is 106 cm³/mol. The van der Waals surface area contributed by atoms with Crippen LogP contribution in [0.3, 0.4) is 0 Å². The van der Waals surface area contributed by atoms with Crippen molar-refractivity contribution in [3.63, 3.8) is 0 Å². The van der Waals surface area contributed by atoms with Crippen LogP contribution in [0.25, 0.3) is 17.0 Å². The van der Waals surface area contributed by atoms with Crippen LogP contribution >= 0.6 is 0 Å². The van der Waals surface area contributed by atoms with Gasteiger partial charge >= 0.3 is 0 Å². The van der Waals surface area contributed by atoms with Crippen LogP contribution in [0, 0.1) is 18.2 Å². The van der Waals surface area contributed by atoms with E-state index in [1.807, 2.05) is 0 Å². The number of fused-ring (bicyclic) bond motifs is 1. The summed E-state index contributed by atoms with van der Waals surface area (Å²) in [6.45, 7) is 0. The lowest BCUT2D eigenvalue weighted by atomic mass is 10.2. The third-order valence-corrected chi connectivity index (χ3v) is 5.47. The first-order chi connectivity index (χ1) is 14.4. The summed E-state index contributed by atoms with van der Waals surface area (Å²) in [6, 6.07) is 5.91. The number of hydrogen-bond donors (Lipinski definition) is 1. The smallest absolute Gasteiger partial charge is 0.262 e. The van der Waals surface area contributed by atoms with Crippen LogP contribution in [0.4, 0.5) is 10.1 Å². The first-order valence-corrected chi connectivity index (χ1v) is 9.90. The third kappa shape index (κ3) is 3.51. The maximum absolute atomic E-state index is 13.1. The Morgan fingerprint density at radius 2 is 1.87 bits per heavy atom. The number of hydrogen-bond acceptors (Lipinski definition) is 7. The fraction of sp³-hybridized carbons (Fsp3) is 0.0526. The van der Waals surface area contributed by atoms with Crippen LogP contribution in [0.5, 0.6) is 5.88 Å². The van der Waals surface area contributed by atoms with E-state index < -0.39 is 15.8 Å². The van der Waals surface area contributed by atoms with Crippen molar-refractivity contribution in [2.75, 3.05) is 11.8 Å². The quantitative estimate of drug-likeness (QED) is 0.489. The van der Waals surface area contributed by atoms with E-state index in [-0.39, 0.29) is 16.5 Å². The Hall–Kier alpha value is -4.04. The topological polar surface area (TPSA) is 111 Å². The maximum Gasteiger partial charge on any atom is 0.262 e. The number of imidazole rings is 1. The minimum atomic E-state index is -4.01. The van der Waals surface area contributed by atoms with Crippen molar-refractivity contribution in [2.24, 2.45) is 0 Å². The van der Waals surface area contributed by atoms with Crippen molar-refractivity contribution < 1.29 is 17.5 Å². The summed E-state index contributed by atoms with van der Waals surface area (Å²) >= 11 is 0. The molecule has 0 fully saturated rings. The molecule has 0 aliphatic carbocycles. The van der Waals surface area contributed by atoms with E-state index >= 15 is 0 Å². The van der Waals surface area contributed by atoms with Crippen LogP contribution in [0.1, 0.15) is 5.69 Å². The number of sulfonamides is 1. The van der Waals surface area contributed by atoms with Crippen LogP contribution in [-0.4, -0.2) is 40.1 Å². The lowest BCUT2D eigenvalue weighted by Crippen LogP contribution is -2.14. The minimum Gasteiger partial charge on any atom is -0.480 e. The molecule has 3 aromatic heterocycles. The zero-order chi connectivity index (χ0) is 21.3. The second-order valence-electron chi connectivity index (χ2n) is 5.98. The van der Waals surface area contributed by atoms with E-state index in [4.69, 9.17) is 11.2 Å². The number of nitrogens with one attached hydrogen (secondary N) is 1. The second kappa shape index (κ2) is 7.41. The van der Waals surface area contributed by atoms with Crippen molar-refractivity contribution in [1.82, 2.24) is 24.6 Å². The van der Waals surface area contributed by atoms with Gasteiger partial charge in [-0.05, 0) is 36.3 Å². The monoisotopic (exact) mass is 424 g/mol. The SMILES string of the molecule is C#Cc1cnc2ncc(-c3cnc(OC)c(NS(=O)(=O)c4ccc(F)cc4)c3)nn12. The van der Waals surface area contributed by atoms with E-state index in [1.165, 1.54) is 36.3 Å². The Balaban J connectivity index is 1.76. The molecule has 4 aromatic rings. The summed E-state index contributed by atoms with van der Waals surface area (Å²) in [4.78, 5) is 12.3. The van der Waals surface area contributed by atoms with Gasteiger partial charge in [0.2, 0.25) is 5.88 Å². The van der Waals surface area contributed by atoms with Crippen molar-refractivity contribution in [3.05, 3.63) is 60.4 Å². The molecule has 0 saturated heterocycles. The highest BCUT2D eigenvalue weighted by molar-refractivity contribution is 7.92. The molecule has 0 radical (unpaired) electrons. The van der Waals surface area contributed by atoms with Gasteiger partial charge in [-0.25, -0.2) is 27.8 Å². The van der Waals surface area contributed by atoms with Crippen molar-refractivity contribution in [3.8, 4) is 29.5 Å². The Labute approximate surface area is 170 Å². The predicted octanol–water partition coefficient (Wildman–Crippen LogP) is 2.12. The number of methoxy groups -OCH3 is 1. The number of rotatable bonds is 5. The molecule has 30 heavy (non-hydrogen) atoms. The Morgan fingerprint density at radius 1 is 1.13 bits per heavy atom. The van der Waals surface area contributed by atoms with E-state index in [0.717, 1.165) is 24.3 Å². The number of nitrogens with zero attached hydrogens (tertiary/aromatic N) is 5. The first-order valence-electron chi connectivity index (χ1n) is 8.41. The average Bonchev–Trinajstić information content (AvgIpc) is 3.16. The number of halogens is 1. The van der Waals surface area contributed by atoms with Gasteiger partial charge in [0, 0.05) is 11.8 Å². The molecule has 0 aliphatic heterocycles. The normalized spacial score (nSPS) is 11.2. The average molecular weight is 424 g/mol. The summed E-state index contributed by atoms with van der Waals surface area (Å²) in [5, 5.41) is 4.39. The molecule has 0 unspecified atom stereocenters. The molecule has 0 atom stereocenters. The molecule has 3 heterocycles. The van der Waals surface area contributed by atoms with Crippen LogP contribution in [-0.2, 0) is 10.0 Å². The fourth-order valence-electron chi connectivity index (χ4n) is 2.65. The number of anilines is 1. The molecule has 0 amide bonds. The molecule has 11 heteroatoms. The van der Waals surface area contributed by atoms with E-state index in [9.17, 15) is 12.8 Å². The van der Waals surface area contributed by atoms with Gasteiger partial charge in [0.05, 0.1) is 24.4 Å². The summed E-state index contributed by atoms with van der Waals surface area (Å²) in [5.74, 6) is 2.28. The molecular formula is C19H13FN6O3S. The maximum atomic E-state index is 13.1. The van der Waals surface area contributed by atoms with Crippen molar-refractivity contribution in [1.29, 1.82) is 0 Å². The largest absolute Gasteiger partial charge is 0.480 e. The van der Waals surface area contributed by atoms with Crippen LogP contribution in [0.2, 0.25) is 0 Å². The Morgan fingerprint density at radius 3 is 2.57 bits per heavy atom. The van der Waals surface area contributed by atoms with Gasteiger partial charge in [0.1, 0.15) is 22.9 Å². The molecule has 1 N–H and O–H groups in total. The molecule has 0 bridgehead atoms. The number of aromatic nitrogens is 5. The summed E-state index contributed by atoms with van der Waals surface area (Å²) in [5.41, 5.74) is 1.33. The summed E-state index contributed by atoms with van der Waals surface area (Å²) in [6.07, 6.45) is 9.82. The van der Waals surface area contributed by atoms with Gasteiger partial charge in [-0.15, -0.1) is 6.42 Å². The van der Waals surface area contributed by atoms with Gasteiger partial charge in [-0.2, -0.15) is 9.61 Å². The summed E-state index contributed by atoms with van der Waals surface area (Å²) < 4.78 is 47.4. The molecular weight excluding hydrogens is 411 g/mol. The molecule has 9 nitrogen and oxygen atoms in total. The van der Waals surface area contributed by atoms with Gasteiger partial charge in [0.25, 0.3) is 15.8 Å². The highest BCUT2D eigenvalue weighted by atomic mass is 32.2. The zero-order valence-electron chi connectivity index (χ0n) is 15.4. The lowest BCUT2D eigenvalue weighted by molar-refractivity contribution is 0.400.